The Labute approximate surface area is 127 Å². The number of benzene rings is 1. The van der Waals surface area contributed by atoms with Crippen molar-refractivity contribution >= 4 is 28.8 Å². The van der Waals surface area contributed by atoms with Gasteiger partial charge in [-0.1, -0.05) is 29.8 Å². The summed E-state index contributed by atoms with van der Waals surface area (Å²) < 4.78 is 0. The van der Waals surface area contributed by atoms with Crippen LogP contribution in [0, 0.1) is 23.0 Å². The van der Waals surface area contributed by atoms with Gasteiger partial charge in [-0.3, -0.25) is 19.9 Å². The Morgan fingerprint density at radius 1 is 1.48 bits per heavy atom. The monoisotopic (exact) mass is 306 g/mol. The van der Waals surface area contributed by atoms with Crippen molar-refractivity contribution in [3.8, 4) is 0 Å². The minimum Gasteiger partial charge on any atom is -0.298 e. The zero-order chi connectivity index (χ0) is 15.6. The number of hydrogen-bond donors (Lipinski definition) is 0. The summed E-state index contributed by atoms with van der Waals surface area (Å²) in [5, 5.41) is 11.1. The van der Waals surface area contributed by atoms with Gasteiger partial charge in [-0.05, 0) is 18.9 Å². The SMILES string of the molecule is CN=C1CC(C=CCl)C(=O)C1c1ccc(C)c([N+](=O)[O-])c1. The highest BCUT2D eigenvalue weighted by molar-refractivity contribution is 6.26. The molecule has 1 aliphatic rings. The van der Waals surface area contributed by atoms with E-state index in [9.17, 15) is 14.9 Å². The summed E-state index contributed by atoms with van der Waals surface area (Å²) in [4.78, 5) is 27.3. The van der Waals surface area contributed by atoms with Crippen LogP contribution in [-0.4, -0.2) is 23.5 Å². The van der Waals surface area contributed by atoms with E-state index in [1.54, 1.807) is 32.2 Å². The number of nitro benzene ring substituents is 1. The first-order valence-corrected chi connectivity index (χ1v) is 6.94. The van der Waals surface area contributed by atoms with E-state index in [0.29, 0.717) is 17.5 Å². The lowest BCUT2D eigenvalue weighted by atomic mass is 9.92. The van der Waals surface area contributed by atoms with Crippen LogP contribution < -0.4 is 0 Å². The molecular weight excluding hydrogens is 292 g/mol. The molecule has 21 heavy (non-hydrogen) atoms. The third kappa shape index (κ3) is 2.88. The second-order valence-corrected chi connectivity index (χ2v) is 5.23. The number of hydrogen-bond acceptors (Lipinski definition) is 4. The molecule has 0 amide bonds. The maximum atomic E-state index is 12.5. The number of allylic oxidation sites excluding steroid dienone is 1. The molecular formula is C15H15ClN2O3. The molecule has 0 N–H and O–H groups in total. The summed E-state index contributed by atoms with van der Waals surface area (Å²) in [6, 6.07) is 4.89. The largest absolute Gasteiger partial charge is 0.298 e. The van der Waals surface area contributed by atoms with E-state index in [-0.39, 0.29) is 17.4 Å². The molecule has 0 bridgehead atoms. The maximum Gasteiger partial charge on any atom is 0.272 e. The lowest BCUT2D eigenvalue weighted by Gasteiger charge is -2.11. The molecule has 1 aromatic rings. The van der Waals surface area contributed by atoms with Gasteiger partial charge < -0.3 is 0 Å². The number of rotatable bonds is 3. The van der Waals surface area contributed by atoms with E-state index in [0.717, 1.165) is 5.71 Å². The second-order valence-electron chi connectivity index (χ2n) is 4.98. The fourth-order valence-electron chi connectivity index (χ4n) is 2.65. The van der Waals surface area contributed by atoms with Crippen molar-refractivity contribution in [3.63, 3.8) is 0 Å². The van der Waals surface area contributed by atoms with Gasteiger partial charge in [0.25, 0.3) is 5.69 Å². The van der Waals surface area contributed by atoms with Crippen molar-refractivity contribution in [2.45, 2.75) is 19.3 Å². The normalized spacial score (nSPS) is 24.1. The number of carbonyl (C=O) groups excluding carboxylic acids is 1. The number of halogens is 1. The molecule has 0 saturated heterocycles. The Morgan fingerprint density at radius 3 is 2.76 bits per heavy atom. The Hall–Kier alpha value is -2.01. The van der Waals surface area contributed by atoms with Crippen LogP contribution in [0.25, 0.3) is 0 Å². The average Bonchev–Trinajstić information content (AvgIpc) is 2.76. The molecule has 6 heteroatoms. The number of aryl methyl sites for hydroxylation is 1. The number of aliphatic imine (C=N–C) groups is 1. The van der Waals surface area contributed by atoms with Gasteiger partial charge in [0.15, 0.2) is 5.78 Å². The van der Waals surface area contributed by atoms with E-state index in [2.05, 4.69) is 4.99 Å². The molecule has 0 aromatic heterocycles. The van der Waals surface area contributed by atoms with Gasteiger partial charge in [-0.15, -0.1) is 0 Å². The predicted molar refractivity (Wildman–Crippen MR) is 82.0 cm³/mol. The molecule has 0 heterocycles. The van der Waals surface area contributed by atoms with Gasteiger partial charge >= 0.3 is 0 Å². The van der Waals surface area contributed by atoms with Gasteiger partial charge in [0.05, 0.1) is 10.8 Å². The van der Waals surface area contributed by atoms with Crippen molar-refractivity contribution in [2.75, 3.05) is 7.05 Å². The third-order valence-corrected chi connectivity index (χ3v) is 3.91. The summed E-state index contributed by atoms with van der Waals surface area (Å²) >= 11 is 5.56. The van der Waals surface area contributed by atoms with Crippen molar-refractivity contribution < 1.29 is 9.72 Å². The smallest absolute Gasteiger partial charge is 0.272 e. The molecule has 2 rings (SSSR count). The highest BCUT2D eigenvalue weighted by Crippen LogP contribution is 2.36. The fourth-order valence-corrected chi connectivity index (χ4v) is 2.83. The van der Waals surface area contributed by atoms with Gasteiger partial charge in [0.1, 0.15) is 0 Å². The Balaban J connectivity index is 2.47. The average molecular weight is 307 g/mol. The van der Waals surface area contributed by atoms with Crippen LogP contribution in [0.5, 0.6) is 0 Å². The van der Waals surface area contributed by atoms with E-state index < -0.39 is 10.8 Å². The van der Waals surface area contributed by atoms with E-state index >= 15 is 0 Å². The quantitative estimate of drug-likeness (QED) is 0.634. The molecule has 1 saturated carbocycles. The number of nitro groups is 1. The summed E-state index contributed by atoms with van der Waals surface area (Å²) in [6.07, 6.45) is 2.14. The van der Waals surface area contributed by atoms with Gasteiger partial charge in [0, 0.05) is 35.8 Å². The van der Waals surface area contributed by atoms with Crippen molar-refractivity contribution in [2.24, 2.45) is 10.9 Å². The van der Waals surface area contributed by atoms with E-state index in [1.807, 2.05) is 0 Å². The van der Waals surface area contributed by atoms with Crippen molar-refractivity contribution in [1.29, 1.82) is 0 Å². The Bertz CT molecular complexity index is 652. The fraction of sp³-hybridized carbons (Fsp3) is 0.333. The van der Waals surface area contributed by atoms with Gasteiger partial charge in [0.2, 0.25) is 0 Å². The minimum absolute atomic E-state index is 0.0205. The van der Waals surface area contributed by atoms with Crippen LogP contribution in [0.15, 0.2) is 34.8 Å². The molecule has 1 aliphatic carbocycles. The summed E-state index contributed by atoms with van der Waals surface area (Å²) in [5.74, 6) is -0.857. The first-order chi connectivity index (χ1) is 9.99. The molecule has 110 valence electrons. The number of Topliss-reactive ketones (excluding diaryl/α,β-unsaturated/α-hetero) is 1. The number of ketones is 1. The van der Waals surface area contributed by atoms with Gasteiger partial charge in [-0.25, -0.2) is 0 Å². The lowest BCUT2D eigenvalue weighted by Crippen LogP contribution is -2.15. The molecule has 2 unspecified atom stereocenters. The van der Waals surface area contributed by atoms with Crippen molar-refractivity contribution in [3.05, 3.63) is 51.1 Å². The summed E-state index contributed by atoms with van der Waals surface area (Å²) in [7, 11) is 1.63. The minimum atomic E-state index is -0.521. The number of carbonyl (C=O) groups is 1. The van der Waals surface area contributed by atoms with Crippen LogP contribution in [0.2, 0.25) is 0 Å². The van der Waals surface area contributed by atoms with Crippen molar-refractivity contribution in [1.82, 2.24) is 0 Å². The van der Waals surface area contributed by atoms with Crippen LogP contribution in [0.1, 0.15) is 23.5 Å². The zero-order valence-corrected chi connectivity index (χ0v) is 12.5. The Morgan fingerprint density at radius 2 is 2.19 bits per heavy atom. The van der Waals surface area contributed by atoms with E-state index in [4.69, 9.17) is 11.6 Å². The van der Waals surface area contributed by atoms with Crippen LogP contribution in [0.3, 0.4) is 0 Å². The topological polar surface area (TPSA) is 72.6 Å². The molecule has 1 aromatic carbocycles. The Kier molecular flexibility index (Phi) is 4.53. The highest BCUT2D eigenvalue weighted by atomic mass is 35.5. The van der Waals surface area contributed by atoms with Gasteiger partial charge in [-0.2, -0.15) is 0 Å². The predicted octanol–water partition coefficient (Wildman–Crippen LogP) is 3.40. The summed E-state index contributed by atoms with van der Waals surface area (Å²) in [5.41, 5.74) is 3.27. The molecule has 0 aliphatic heterocycles. The van der Waals surface area contributed by atoms with Crippen LogP contribution in [-0.2, 0) is 4.79 Å². The van der Waals surface area contributed by atoms with E-state index in [1.165, 1.54) is 11.6 Å². The molecule has 2 atom stereocenters. The highest BCUT2D eigenvalue weighted by Gasteiger charge is 2.39. The van der Waals surface area contributed by atoms with Crippen LogP contribution in [0.4, 0.5) is 5.69 Å². The second kappa shape index (κ2) is 6.18. The third-order valence-electron chi connectivity index (χ3n) is 3.77. The number of nitrogens with zero attached hydrogens (tertiary/aromatic N) is 2. The first-order valence-electron chi connectivity index (χ1n) is 6.50. The first kappa shape index (κ1) is 15.4. The van der Waals surface area contributed by atoms with Crippen LogP contribution >= 0.6 is 11.6 Å². The summed E-state index contributed by atoms with van der Waals surface area (Å²) in [6.45, 7) is 1.67. The molecule has 5 nitrogen and oxygen atoms in total. The maximum absolute atomic E-state index is 12.5. The zero-order valence-electron chi connectivity index (χ0n) is 11.7. The molecule has 0 radical (unpaired) electrons. The standard InChI is InChI=1S/C15H15ClN2O3/c1-9-3-4-10(8-13(9)18(20)21)14-12(17-2)7-11(5-6-16)15(14)19/h3-6,8,11,14H,7H2,1-2H3. The molecule has 0 spiro atoms. The lowest BCUT2D eigenvalue weighted by molar-refractivity contribution is -0.385. The molecule has 1 fully saturated rings.